The fourth-order valence-corrected chi connectivity index (χ4v) is 3.24. The second kappa shape index (κ2) is 11.1. The number of nitrogens with one attached hydrogen (secondary N) is 2. The third kappa shape index (κ3) is 6.42. The summed E-state index contributed by atoms with van der Waals surface area (Å²) < 4.78 is 11.5. The van der Waals surface area contributed by atoms with Crippen LogP contribution in [0.4, 0.5) is 5.69 Å². The van der Waals surface area contributed by atoms with Crippen molar-refractivity contribution in [2.24, 2.45) is 5.10 Å². The van der Waals surface area contributed by atoms with Crippen molar-refractivity contribution < 1.29 is 19.1 Å². The lowest BCUT2D eigenvalue weighted by molar-refractivity contribution is -0.118. The molecule has 0 unspecified atom stereocenters. The Balaban J connectivity index is 1.53. The topological polar surface area (TPSA) is 89.0 Å². The molecule has 0 heterocycles. The van der Waals surface area contributed by atoms with Crippen molar-refractivity contribution >= 4 is 39.6 Å². The number of anilines is 1. The van der Waals surface area contributed by atoms with E-state index >= 15 is 0 Å². The molecule has 0 bridgehead atoms. The van der Waals surface area contributed by atoms with Gasteiger partial charge in [0.25, 0.3) is 11.8 Å². The summed E-state index contributed by atoms with van der Waals surface area (Å²) in [5, 5.41) is 6.74. The van der Waals surface area contributed by atoms with Crippen LogP contribution in [0.25, 0.3) is 0 Å². The molecule has 7 nitrogen and oxygen atoms in total. The number of benzene rings is 3. The highest BCUT2D eigenvalue weighted by Gasteiger charge is 2.09. The van der Waals surface area contributed by atoms with E-state index in [-0.39, 0.29) is 18.4 Å². The second-order valence-electron chi connectivity index (χ2n) is 6.79. The van der Waals surface area contributed by atoms with E-state index < -0.39 is 0 Å². The van der Waals surface area contributed by atoms with Crippen molar-refractivity contribution in [1.82, 2.24) is 5.43 Å². The second-order valence-corrected chi connectivity index (χ2v) is 7.65. The number of hydrogen-bond donors (Lipinski definition) is 2. The number of methoxy groups -OCH3 is 1. The molecule has 0 aliphatic rings. The summed E-state index contributed by atoms with van der Waals surface area (Å²) in [6.07, 6.45) is 1.52. The Labute approximate surface area is 194 Å². The lowest BCUT2D eigenvalue weighted by Crippen LogP contribution is -2.20. The van der Waals surface area contributed by atoms with Gasteiger partial charge in [0, 0.05) is 5.56 Å². The third-order valence-corrected chi connectivity index (χ3v) is 5.01. The predicted molar refractivity (Wildman–Crippen MR) is 127 cm³/mol. The summed E-state index contributed by atoms with van der Waals surface area (Å²) in [6.45, 7) is 1.79. The lowest BCUT2D eigenvalue weighted by Gasteiger charge is -2.11. The zero-order chi connectivity index (χ0) is 22.9. The fraction of sp³-hybridized carbons (Fsp3) is 0.125. The number of ether oxygens (including phenoxy) is 2. The number of para-hydroxylation sites is 2. The van der Waals surface area contributed by atoms with Crippen LogP contribution in [0, 0.1) is 6.92 Å². The number of amides is 2. The van der Waals surface area contributed by atoms with Gasteiger partial charge in [0.05, 0.1) is 23.5 Å². The first-order valence-electron chi connectivity index (χ1n) is 9.71. The van der Waals surface area contributed by atoms with Gasteiger partial charge in [-0.15, -0.1) is 0 Å². The summed E-state index contributed by atoms with van der Waals surface area (Å²) in [5.74, 6) is 0.466. The van der Waals surface area contributed by atoms with E-state index in [0.717, 1.165) is 11.1 Å². The molecule has 0 aromatic heterocycles. The number of nitrogens with zero attached hydrogens (tertiary/aromatic N) is 1. The molecular formula is C24H22BrN3O4. The molecule has 3 aromatic carbocycles. The molecular weight excluding hydrogens is 474 g/mol. The fourth-order valence-electron chi connectivity index (χ4n) is 2.73. The van der Waals surface area contributed by atoms with Gasteiger partial charge in [-0.05, 0) is 70.9 Å². The van der Waals surface area contributed by atoms with Gasteiger partial charge in [0.2, 0.25) is 0 Å². The van der Waals surface area contributed by atoms with Crippen molar-refractivity contribution in [1.29, 1.82) is 0 Å². The first kappa shape index (κ1) is 23.0. The van der Waals surface area contributed by atoms with Gasteiger partial charge >= 0.3 is 0 Å². The van der Waals surface area contributed by atoms with Crippen molar-refractivity contribution in [3.63, 3.8) is 0 Å². The molecule has 8 heteroatoms. The number of carbonyl (C=O) groups excluding carboxylic acids is 2. The van der Waals surface area contributed by atoms with Gasteiger partial charge in [-0.1, -0.05) is 29.8 Å². The number of aryl methyl sites for hydroxylation is 1. The lowest BCUT2D eigenvalue weighted by atomic mass is 10.1. The third-order valence-electron chi connectivity index (χ3n) is 4.39. The minimum atomic E-state index is -0.314. The molecule has 0 radical (unpaired) electrons. The molecule has 2 N–H and O–H groups in total. The van der Waals surface area contributed by atoms with Crippen molar-refractivity contribution in [2.45, 2.75) is 6.92 Å². The molecule has 0 aliphatic heterocycles. The summed E-state index contributed by atoms with van der Waals surface area (Å²) in [7, 11) is 1.54. The van der Waals surface area contributed by atoms with Gasteiger partial charge in [0.15, 0.2) is 6.61 Å². The van der Waals surface area contributed by atoms with Crippen LogP contribution in [0.2, 0.25) is 0 Å². The standard InChI is InChI=1S/C24H22BrN3O4/c1-16-7-10-18(11-8-16)24(30)28-26-14-17-9-12-21(19(25)13-17)32-15-23(29)27-20-5-3-4-6-22(20)31-2/h3-14H,15H2,1-2H3,(H,27,29)(H,28,30)/b26-14+. The first-order valence-corrected chi connectivity index (χ1v) is 10.5. The van der Waals surface area contributed by atoms with E-state index in [9.17, 15) is 9.59 Å². The number of hydrazone groups is 1. The Morgan fingerprint density at radius 1 is 1.03 bits per heavy atom. The average molecular weight is 496 g/mol. The van der Waals surface area contributed by atoms with Gasteiger partial charge in [-0.25, -0.2) is 5.43 Å². The molecule has 3 aromatic rings. The maximum atomic E-state index is 12.2. The summed E-state index contributed by atoms with van der Waals surface area (Å²) >= 11 is 3.43. The number of rotatable bonds is 8. The number of carbonyl (C=O) groups is 2. The van der Waals surface area contributed by atoms with Crippen LogP contribution in [0.15, 0.2) is 76.3 Å². The molecule has 0 aliphatic carbocycles. The Bertz CT molecular complexity index is 1130. The van der Waals surface area contributed by atoms with Gasteiger partial charge in [-0.2, -0.15) is 5.10 Å². The van der Waals surface area contributed by atoms with Gasteiger partial charge in [0.1, 0.15) is 11.5 Å². The number of hydrogen-bond acceptors (Lipinski definition) is 5. The van der Waals surface area contributed by atoms with E-state index in [1.54, 1.807) is 48.5 Å². The monoisotopic (exact) mass is 495 g/mol. The number of halogens is 1. The maximum absolute atomic E-state index is 12.2. The molecule has 0 saturated heterocycles. The van der Waals surface area contributed by atoms with Gasteiger partial charge < -0.3 is 14.8 Å². The molecule has 0 fully saturated rings. The van der Waals surface area contributed by atoms with E-state index in [0.29, 0.717) is 27.2 Å². The predicted octanol–water partition coefficient (Wildman–Crippen LogP) is 4.55. The zero-order valence-electron chi connectivity index (χ0n) is 17.6. The molecule has 3 rings (SSSR count). The average Bonchev–Trinajstić information content (AvgIpc) is 2.79. The molecule has 0 atom stereocenters. The largest absolute Gasteiger partial charge is 0.495 e. The molecule has 0 saturated carbocycles. The van der Waals surface area contributed by atoms with E-state index in [2.05, 4.69) is 31.8 Å². The molecule has 0 spiro atoms. The van der Waals surface area contributed by atoms with Crippen molar-refractivity contribution in [2.75, 3.05) is 19.0 Å². The Hall–Kier alpha value is -3.65. The van der Waals surface area contributed by atoms with Crippen LogP contribution in [-0.2, 0) is 4.79 Å². The minimum Gasteiger partial charge on any atom is -0.495 e. The van der Waals surface area contributed by atoms with Crippen LogP contribution in [0.3, 0.4) is 0 Å². The minimum absolute atomic E-state index is 0.170. The van der Waals surface area contributed by atoms with Crippen LogP contribution in [-0.4, -0.2) is 31.7 Å². The quantitative estimate of drug-likeness (QED) is 0.354. The normalized spacial score (nSPS) is 10.6. The highest BCUT2D eigenvalue weighted by Crippen LogP contribution is 2.26. The molecule has 32 heavy (non-hydrogen) atoms. The smallest absolute Gasteiger partial charge is 0.271 e. The van der Waals surface area contributed by atoms with E-state index in [1.165, 1.54) is 13.3 Å². The summed E-state index contributed by atoms with van der Waals surface area (Å²) in [4.78, 5) is 24.3. The van der Waals surface area contributed by atoms with E-state index in [4.69, 9.17) is 9.47 Å². The molecule has 164 valence electrons. The van der Waals surface area contributed by atoms with Crippen LogP contribution in [0.1, 0.15) is 21.5 Å². The highest BCUT2D eigenvalue weighted by molar-refractivity contribution is 9.10. The van der Waals surface area contributed by atoms with Crippen molar-refractivity contribution in [3.05, 3.63) is 87.9 Å². The Morgan fingerprint density at radius 2 is 1.78 bits per heavy atom. The Kier molecular flexibility index (Phi) is 7.99. The zero-order valence-corrected chi connectivity index (χ0v) is 19.2. The van der Waals surface area contributed by atoms with Crippen LogP contribution < -0.4 is 20.2 Å². The van der Waals surface area contributed by atoms with Crippen LogP contribution >= 0.6 is 15.9 Å². The van der Waals surface area contributed by atoms with E-state index in [1.807, 2.05) is 25.1 Å². The van der Waals surface area contributed by atoms with Crippen molar-refractivity contribution in [3.8, 4) is 11.5 Å². The molecule has 2 amide bonds. The first-order chi connectivity index (χ1) is 15.5. The van der Waals surface area contributed by atoms with Crippen LogP contribution in [0.5, 0.6) is 11.5 Å². The Morgan fingerprint density at radius 3 is 2.50 bits per heavy atom. The highest BCUT2D eigenvalue weighted by atomic mass is 79.9. The summed E-state index contributed by atoms with van der Waals surface area (Å²) in [6, 6.07) is 19.6. The van der Waals surface area contributed by atoms with Gasteiger partial charge in [-0.3, -0.25) is 9.59 Å². The SMILES string of the molecule is COc1ccccc1NC(=O)COc1ccc(/C=N/NC(=O)c2ccc(C)cc2)cc1Br. The summed E-state index contributed by atoms with van der Waals surface area (Å²) in [5.41, 5.74) is 5.42. The maximum Gasteiger partial charge on any atom is 0.271 e.